The fourth-order valence-corrected chi connectivity index (χ4v) is 4.49. The van der Waals surface area contributed by atoms with Gasteiger partial charge in [0.1, 0.15) is 11.5 Å². The minimum Gasteiger partial charge on any atom is -0.379 e. The monoisotopic (exact) mass is 588 g/mol. The Balaban J connectivity index is 1.55. The normalized spacial score (nSPS) is 14.3. The van der Waals surface area contributed by atoms with E-state index in [2.05, 4.69) is 21.2 Å². The van der Waals surface area contributed by atoms with Crippen molar-refractivity contribution in [2.24, 2.45) is 0 Å². The molecule has 198 valence electrons. The molecular weight excluding hydrogens is 563 g/mol. The van der Waals surface area contributed by atoms with Gasteiger partial charge in [-0.2, -0.15) is 5.10 Å². The van der Waals surface area contributed by atoms with E-state index < -0.39 is 5.91 Å². The molecule has 5 rings (SSSR count). The van der Waals surface area contributed by atoms with Crippen LogP contribution in [0.15, 0.2) is 95.2 Å². The van der Waals surface area contributed by atoms with Gasteiger partial charge in [-0.15, -0.1) is 0 Å². The first kappa shape index (κ1) is 26.7. The number of morpholine rings is 1. The van der Waals surface area contributed by atoms with E-state index in [4.69, 9.17) is 9.84 Å². The van der Waals surface area contributed by atoms with Crippen LogP contribution < -0.4 is 5.32 Å². The molecule has 4 aromatic rings. The molecule has 0 bridgehead atoms. The van der Waals surface area contributed by atoms with Crippen molar-refractivity contribution in [2.45, 2.75) is 0 Å². The van der Waals surface area contributed by atoms with Crippen molar-refractivity contribution in [2.75, 3.05) is 32.8 Å². The summed E-state index contributed by atoms with van der Waals surface area (Å²) < 4.78 is 21.6. The van der Waals surface area contributed by atoms with Gasteiger partial charge in [0.05, 0.1) is 31.1 Å². The molecule has 39 heavy (non-hydrogen) atoms. The summed E-state index contributed by atoms with van der Waals surface area (Å²) in [6.45, 7) is 2.50. The molecule has 7 nitrogen and oxygen atoms in total. The molecule has 9 heteroatoms. The number of hydrogen-bond acceptors (Lipinski definition) is 5. The number of carbonyl (C=O) groups excluding carboxylic acids is 2. The van der Waals surface area contributed by atoms with Gasteiger partial charge in [-0.25, -0.2) is 9.07 Å². The van der Waals surface area contributed by atoms with Crippen LogP contribution in [0.4, 0.5) is 4.39 Å². The number of hydrogen-bond donors (Lipinski definition) is 1. The molecule has 1 saturated heterocycles. The molecule has 0 atom stereocenters. The number of rotatable bonds is 8. The maximum atomic E-state index is 13.7. The SMILES string of the molecule is O=C(CN1CCOCC1)C(=Cc1cn(-c2ccccc2)nc1-c1ccc(F)cc1)NC(=O)c1ccc(Br)cc1. The summed E-state index contributed by atoms with van der Waals surface area (Å²) in [5.74, 6) is -0.996. The van der Waals surface area contributed by atoms with Crippen LogP contribution in [0.5, 0.6) is 0 Å². The quantitative estimate of drug-likeness (QED) is 0.289. The number of halogens is 2. The van der Waals surface area contributed by atoms with Crippen molar-refractivity contribution in [3.63, 3.8) is 0 Å². The third-order valence-corrected chi connectivity index (χ3v) is 6.84. The summed E-state index contributed by atoms with van der Waals surface area (Å²) in [4.78, 5) is 28.7. The van der Waals surface area contributed by atoms with Crippen molar-refractivity contribution >= 4 is 33.7 Å². The lowest BCUT2D eigenvalue weighted by Gasteiger charge is -2.26. The van der Waals surface area contributed by atoms with E-state index >= 15 is 0 Å². The zero-order valence-corrected chi connectivity index (χ0v) is 22.6. The number of ketones is 1. The number of aromatic nitrogens is 2. The van der Waals surface area contributed by atoms with Crippen LogP contribution in [-0.4, -0.2) is 59.2 Å². The number of para-hydroxylation sites is 1. The van der Waals surface area contributed by atoms with Gasteiger partial charge in [-0.3, -0.25) is 14.5 Å². The van der Waals surface area contributed by atoms with Crippen LogP contribution in [-0.2, 0) is 9.53 Å². The first-order valence-electron chi connectivity index (χ1n) is 12.5. The van der Waals surface area contributed by atoms with Gasteiger partial charge < -0.3 is 10.1 Å². The number of Topliss-reactive ketones (excluding diaryl/α,β-unsaturated/α-hetero) is 1. The molecule has 0 radical (unpaired) electrons. The highest BCUT2D eigenvalue weighted by atomic mass is 79.9. The lowest BCUT2D eigenvalue weighted by Crippen LogP contribution is -2.41. The topological polar surface area (TPSA) is 76.5 Å². The first-order chi connectivity index (χ1) is 19.0. The van der Waals surface area contributed by atoms with Gasteiger partial charge in [0.2, 0.25) is 0 Å². The Hall–Kier alpha value is -3.92. The van der Waals surface area contributed by atoms with E-state index in [1.165, 1.54) is 12.1 Å². The maximum Gasteiger partial charge on any atom is 0.255 e. The smallest absolute Gasteiger partial charge is 0.255 e. The van der Waals surface area contributed by atoms with Crippen LogP contribution in [0.1, 0.15) is 15.9 Å². The van der Waals surface area contributed by atoms with Crippen molar-refractivity contribution in [1.29, 1.82) is 0 Å². The van der Waals surface area contributed by atoms with Gasteiger partial charge in [0, 0.05) is 40.4 Å². The summed E-state index contributed by atoms with van der Waals surface area (Å²) in [6.07, 6.45) is 3.44. The van der Waals surface area contributed by atoms with Crippen LogP contribution in [0.2, 0.25) is 0 Å². The first-order valence-corrected chi connectivity index (χ1v) is 13.3. The fourth-order valence-electron chi connectivity index (χ4n) is 4.22. The Kier molecular flexibility index (Phi) is 8.41. The van der Waals surface area contributed by atoms with E-state index in [-0.39, 0.29) is 23.8 Å². The summed E-state index contributed by atoms with van der Waals surface area (Å²) in [5.41, 5.74) is 3.21. The van der Waals surface area contributed by atoms with Gasteiger partial charge in [0.15, 0.2) is 5.78 Å². The third-order valence-electron chi connectivity index (χ3n) is 6.31. The second-order valence-corrected chi connectivity index (χ2v) is 9.97. The van der Waals surface area contributed by atoms with E-state index in [1.54, 1.807) is 53.4 Å². The summed E-state index contributed by atoms with van der Waals surface area (Å²) >= 11 is 3.38. The number of ether oxygens (including phenoxy) is 1. The highest BCUT2D eigenvalue weighted by molar-refractivity contribution is 9.10. The van der Waals surface area contributed by atoms with E-state index in [1.807, 2.05) is 35.2 Å². The predicted molar refractivity (Wildman–Crippen MR) is 151 cm³/mol. The van der Waals surface area contributed by atoms with E-state index in [0.29, 0.717) is 48.7 Å². The van der Waals surface area contributed by atoms with Crippen molar-refractivity contribution in [3.8, 4) is 16.9 Å². The maximum absolute atomic E-state index is 13.7. The summed E-state index contributed by atoms with van der Waals surface area (Å²) in [5, 5.41) is 7.58. The third kappa shape index (κ3) is 6.75. The average Bonchev–Trinajstić information content (AvgIpc) is 3.38. The highest BCUT2D eigenvalue weighted by Crippen LogP contribution is 2.26. The number of carbonyl (C=O) groups is 2. The molecular formula is C30H26BrFN4O3. The molecule has 0 saturated carbocycles. The van der Waals surface area contributed by atoms with Crippen molar-refractivity contribution in [1.82, 2.24) is 20.0 Å². The molecule has 1 fully saturated rings. The minimum atomic E-state index is -0.400. The molecule has 1 N–H and O–H groups in total. The zero-order valence-electron chi connectivity index (χ0n) is 21.0. The van der Waals surface area contributed by atoms with Gasteiger partial charge in [-0.1, -0.05) is 34.1 Å². The van der Waals surface area contributed by atoms with Gasteiger partial charge in [-0.05, 0) is 66.7 Å². The zero-order chi connectivity index (χ0) is 27.2. The molecule has 3 aromatic carbocycles. The van der Waals surface area contributed by atoms with Gasteiger partial charge >= 0.3 is 0 Å². The molecule has 0 unspecified atom stereocenters. The highest BCUT2D eigenvalue weighted by Gasteiger charge is 2.21. The van der Waals surface area contributed by atoms with Gasteiger partial charge in [0.25, 0.3) is 5.91 Å². The standard InChI is InChI=1S/C30H26BrFN4O3/c31-24-10-6-22(7-11-24)30(38)33-27(28(37)20-35-14-16-39-17-15-35)18-23-19-36(26-4-2-1-3-5-26)34-29(23)21-8-12-25(32)13-9-21/h1-13,18-19H,14-17,20H2,(H,33,38). The molecule has 1 aliphatic heterocycles. The fraction of sp³-hybridized carbons (Fsp3) is 0.167. The Morgan fingerprint density at radius 1 is 0.974 bits per heavy atom. The van der Waals surface area contributed by atoms with Crippen LogP contribution in [0, 0.1) is 5.82 Å². The van der Waals surface area contributed by atoms with E-state index in [9.17, 15) is 14.0 Å². The summed E-state index contributed by atoms with van der Waals surface area (Å²) in [7, 11) is 0. The van der Waals surface area contributed by atoms with E-state index in [0.717, 1.165) is 10.2 Å². The number of benzene rings is 3. The predicted octanol–water partition coefficient (Wildman–Crippen LogP) is 5.11. The minimum absolute atomic E-state index is 0.133. The number of nitrogens with one attached hydrogen (secondary N) is 1. The second kappa shape index (κ2) is 12.3. The van der Waals surface area contributed by atoms with Crippen molar-refractivity contribution < 1.29 is 18.7 Å². The Morgan fingerprint density at radius 3 is 2.36 bits per heavy atom. The lowest BCUT2D eigenvalue weighted by atomic mass is 10.1. The van der Waals surface area contributed by atoms with Crippen LogP contribution >= 0.6 is 15.9 Å². The largest absolute Gasteiger partial charge is 0.379 e. The van der Waals surface area contributed by atoms with Crippen LogP contribution in [0.25, 0.3) is 23.0 Å². The number of nitrogens with zero attached hydrogens (tertiary/aromatic N) is 3. The average molecular weight is 589 g/mol. The molecule has 1 aromatic heterocycles. The lowest BCUT2D eigenvalue weighted by molar-refractivity contribution is -0.117. The number of amides is 1. The van der Waals surface area contributed by atoms with Crippen molar-refractivity contribution in [3.05, 3.63) is 112 Å². The Bertz CT molecular complexity index is 1480. The molecule has 2 heterocycles. The molecule has 1 aliphatic rings. The Labute approximate surface area is 234 Å². The molecule has 1 amide bonds. The van der Waals surface area contributed by atoms with Crippen LogP contribution in [0.3, 0.4) is 0 Å². The Morgan fingerprint density at radius 2 is 1.67 bits per heavy atom. The molecule has 0 aliphatic carbocycles. The second-order valence-electron chi connectivity index (χ2n) is 9.05. The summed E-state index contributed by atoms with van der Waals surface area (Å²) in [6, 6.07) is 22.4. The molecule has 0 spiro atoms.